The van der Waals surface area contributed by atoms with Gasteiger partial charge in [0.1, 0.15) is 5.82 Å². The number of fused-ring (bicyclic) bond motifs is 2. The van der Waals surface area contributed by atoms with Crippen LogP contribution < -0.4 is 0 Å². The van der Waals surface area contributed by atoms with E-state index in [1.54, 1.807) is 24.5 Å². The van der Waals surface area contributed by atoms with Crippen LogP contribution in [0.4, 0.5) is 4.39 Å². The van der Waals surface area contributed by atoms with Gasteiger partial charge in [0.15, 0.2) is 5.72 Å². The summed E-state index contributed by atoms with van der Waals surface area (Å²) in [6, 6.07) is 12.2. The predicted octanol–water partition coefficient (Wildman–Crippen LogP) is 4.72. The molecule has 1 saturated heterocycles. The van der Waals surface area contributed by atoms with Crippen LogP contribution in [0, 0.1) is 23.1 Å². The molecule has 2 atom stereocenters. The fraction of sp³-hybridized carbons (Fsp3) is 0.333. The minimum atomic E-state index is -1.10. The van der Waals surface area contributed by atoms with E-state index < -0.39 is 11.4 Å². The molecule has 0 aliphatic carbocycles. The maximum Gasteiger partial charge on any atom is 0.212 e. The number of benzene rings is 1. The van der Waals surface area contributed by atoms with Crippen LogP contribution in [0.15, 0.2) is 53.3 Å². The largest absolute Gasteiger partial charge is 0.265 e. The summed E-state index contributed by atoms with van der Waals surface area (Å²) < 4.78 is 14.5. The first-order valence-electron chi connectivity index (χ1n) is 9.07. The topological polar surface area (TPSA) is 58.4 Å². The lowest BCUT2D eigenvalue weighted by Gasteiger charge is -2.37. The Morgan fingerprint density at radius 3 is 2.46 bits per heavy atom. The SMILES string of the molecule is CC(C)[C@]12OO[C@](c3ccc(F)cc3)(C(c3ccncc3)=C1Br)N2CCC#N. The van der Waals surface area contributed by atoms with Crippen LogP contribution in [0.3, 0.4) is 0 Å². The summed E-state index contributed by atoms with van der Waals surface area (Å²) in [5, 5.41) is 9.24. The standard InChI is InChI=1S/C21H19BrFN3O2/c1-14(2)20-19(22)18(15-8-11-25-12-9-15)21(28-27-20,26(20)13-3-10-24)16-4-6-17(23)7-5-16/h4-9,11-12,14H,3,13H2,1-2H3/t20-,21+/m0/s1. The van der Waals surface area contributed by atoms with E-state index >= 15 is 0 Å². The van der Waals surface area contributed by atoms with E-state index in [2.05, 4.69) is 31.9 Å². The highest BCUT2D eigenvalue weighted by atomic mass is 79.9. The molecule has 4 rings (SSSR count). The smallest absolute Gasteiger partial charge is 0.212 e. The molecule has 0 radical (unpaired) electrons. The highest BCUT2D eigenvalue weighted by molar-refractivity contribution is 9.12. The highest BCUT2D eigenvalue weighted by Gasteiger charge is 2.70. The molecule has 7 heteroatoms. The summed E-state index contributed by atoms with van der Waals surface area (Å²) in [7, 11) is 0. The van der Waals surface area contributed by atoms with Crippen LogP contribution >= 0.6 is 15.9 Å². The second-order valence-electron chi connectivity index (χ2n) is 7.15. The lowest BCUT2D eigenvalue weighted by Crippen LogP contribution is -2.51. The average Bonchev–Trinajstić information content (AvgIpc) is 3.14. The Morgan fingerprint density at radius 2 is 1.86 bits per heavy atom. The van der Waals surface area contributed by atoms with Gasteiger partial charge in [-0.3, -0.25) is 4.98 Å². The predicted molar refractivity (Wildman–Crippen MR) is 105 cm³/mol. The van der Waals surface area contributed by atoms with Crippen LogP contribution in [0.5, 0.6) is 0 Å². The van der Waals surface area contributed by atoms with Gasteiger partial charge in [-0.15, -0.1) is 0 Å². The summed E-state index contributed by atoms with van der Waals surface area (Å²) in [5.41, 5.74) is 0.535. The van der Waals surface area contributed by atoms with Crippen LogP contribution in [-0.4, -0.2) is 22.2 Å². The molecule has 2 aliphatic heterocycles. The number of hydrogen-bond donors (Lipinski definition) is 0. The summed E-state index contributed by atoms with van der Waals surface area (Å²) in [6.45, 7) is 4.51. The molecule has 2 aliphatic rings. The number of pyridine rings is 1. The van der Waals surface area contributed by atoms with Crippen molar-refractivity contribution >= 4 is 21.5 Å². The maximum absolute atomic E-state index is 13.7. The first-order valence-corrected chi connectivity index (χ1v) is 9.86. The number of aromatic nitrogens is 1. The van der Waals surface area contributed by atoms with Gasteiger partial charge < -0.3 is 0 Å². The van der Waals surface area contributed by atoms with Crippen molar-refractivity contribution in [3.63, 3.8) is 0 Å². The zero-order chi connectivity index (χ0) is 19.9. The molecule has 0 spiro atoms. The number of halogens is 2. The summed E-state index contributed by atoms with van der Waals surface area (Å²) >= 11 is 3.79. The van der Waals surface area contributed by atoms with Crippen LogP contribution in [0.1, 0.15) is 31.4 Å². The summed E-state index contributed by atoms with van der Waals surface area (Å²) in [5.74, 6) is -0.313. The normalized spacial score (nSPS) is 26.9. The first-order chi connectivity index (χ1) is 13.5. The Hall–Kier alpha value is -2.11. The van der Waals surface area contributed by atoms with Crippen molar-refractivity contribution in [2.45, 2.75) is 31.7 Å². The molecule has 5 nitrogen and oxygen atoms in total. The van der Waals surface area contributed by atoms with Gasteiger partial charge in [0.05, 0.1) is 10.6 Å². The number of nitrogens with zero attached hydrogens (tertiary/aromatic N) is 3. The van der Waals surface area contributed by atoms with Crippen molar-refractivity contribution in [2.75, 3.05) is 6.54 Å². The Labute approximate surface area is 171 Å². The van der Waals surface area contributed by atoms with Gasteiger partial charge in [-0.2, -0.15) is 5.26 Å². The molecule has 144 valence electrons. The third kappa shape index (κ3) is 2.49. The van der Waals surface area contributed by atoms with E-state index in [0.717, 1.165) is 21.2 Å². The van der Waals surface area contributed by atoms with Gasteiger partial charge in [0, 0.05) is 42.4 Å². The van der Waals surface area contributed by atoms with E-state index in [-0.39, 0.29) is 11.7 Å². The van der Waals surface area contributed by atoms with E-state index in [0.29, 0.717) is 13.0 Å². The monoisotopic (exact) mass is 443 g/mol. The Kier molecular flexibility index (Phi) is 4.84. The lowest BCUT2D eigenvalue weighted by molar-refractivity contribution is -0.346. The molecule has 1 aromatic heterocycles. The fourth-order valence-corrected chi connectivity index (χ4v) is 5.35. The molecular weight excluding hydrogens is 425 g/mol. The van der Waals surface area contributed by atoms with Gasteiger partial charge in [0.2, 0.25) is 5.72 Å². The van der Waals surface area contributed by atoms with Crippen molar-refractivity contribution in [1.29, 1.82) is 5.26 Å². The minimum absolute atomic E-state index is 0.0160. The van der Waals surface area contributed by atoms with Gasteiger partial charge in [0.25, 0.3) is 0 Å². The van der Waals surface area contributed by atoms with Crippen molar-refractivity contribution in [1.82, 2.24) is 9.88 Å². The molecular formula is C21H19BrFN3O2. The van der Waals surface area contributed by atoms with E-state index in [4.69, 9.17) is 9.78 Å². The van der Waals surface area contributed by atoms with E-state index in [1.807, 2.05) is 26.0 Å². The van der Waals surface area contributed by atoms with Crippen LogP contribution in [0.2, 0.25) is 0 Å². The van der Waals surface area contributed by atoms with Gasteiger partial charge in [-0.1, -0.05) is 41.9 Å². The van der Waals surface area contributed by atoms with E-state index in [1.165, 1.54) is 12.1 Å². The zero-order valence-electron chi connectivity index (χ0n) is 15.5. The lowest BCUT2D eigenvalue weighted by atomic mass is 9.90. The Balaban J connectivity index is 2.00. The second-order valence-corrected chi connectivity index (χ2v) is 7.95. The molecule has 0 amide bonds. The first kappa shape index (κ1) is 19.2. The van der Waals surface area contributed by atoms with Crippen molar-refractivity contribution in [3.8, 4) is 6.07 Å². The number of hydrogen-bond acceptors (Lipinski definition) is 5. The number of nitriles is 1. The molecule has 2 bridgehead atoms. The molecule has 3 heterocycles. The maximum atomic E-state index is 13.7. The third-order valence-corrected chi connectivity index (χ3v) is 6.34. The third-order valence-electron chi connectivity index (χ3n) is 5.38. The van der Waals surface area contributed by atoms with E-state index in [9.17, 15) is 9.65 Å². The van der Waals surface area contributed by atoms with Crippen molar-refractivity contribution in [2.24, 2.45) is 5.92 Å². The fourth-order valence-electron chi connectivity index (χ4n) is 4.12. The molecule has 28 heavy (non-hydrogen) atoms. The summed E-state index contributed by atoms with van der Waals surface area (Å²) in [4.78, 5) is 18.2. The van der Waals surface area contributed by atoms with Gasteiger partial charge in [-0.25, -0.2) is 19.1 Å². The van der Waals surface area contributed by atoms with Crippen LogP contribution in [-0.2, 0) is 15.5 Å². The van der Waals surface area contributed by atoms with Crippen LogP contribution in [0.25, 0.3) is 5.57 Å². The zero-order valence-corrected chi connectivity index (χ0v) is 17.1. The second kappa shape index (κ2) is 7.05. The van der Waals surface area contributed by atoms with Gasteiger partial charge >= 0.3 is 0 Å². The Bertz CT molecular complexity index is 958. The molecule has 0 N–H and O–H groups in total. The molecule has 0 saturated carbocycles. The quantitative estimate of drug-likeness (QED) is 0.625. The minimum Gasteiger partial charge on any atom is -0.265 e. The van der Waals surface area contributed by atoms with Crippen molar-refractivity contribution < 1.29 is 14.2 Å². The molecule has 1 aromatic carbocycles. The number of rotatable bonds is 5. The molecule has 0 unspecified atom stereocenters. The molecule has 2 aromatic rings. The Morgan fingerprint density at radius 1 is 1.18 bits per heavy atom. The van der Waals surface area contributed by atoms with Crippen molar-refractivity contribution in [3.05, 3.63) is 70.2 Å². The average molecular weight is 444 g/mol. The van der Waals surface area contributed by atoms with Gasteiger partial charge in [-0.05, 0) is 29.8 Å². The summed E-state index contributed by atoms with van der Waals surface area (Å²) in [6.07, 6.45) is 3.74. The molecule has 1 fully saturated rings. The highest BCUT2D eigenvalue weighted by Crippen LogP contribution is 2.64.